The molecule has 0 radical (unpaired) electrons. The summed E-state index contributed by atoms with van der Waals surface area (Å²) in [5.41, 5.74) is 2.40. The van der Waals surface area contributed by atoms with Crippen molar-refractivity contribution < 1.29 is 0 Å². The maximum Gasteiger partial charge on any atom is 0.0597 e. The van der Waals surface area contributed by atoms with E-state index in [2.05, 4.69) is 41.8 Å². The van der Waals surface area contributed by atoms with Gasteiger partial charge in [0.2, 0.25) is 0 Å². The largest absolute Gasteiger partial charge is 0.304 e. The quantitative estimate of drug-likeness (QED) is 0.676. The Morgan fingerprint density at radius 1 is 1.50 bits per heavy atom. The van der Waals surface area contributed by atoms with Crippen LogP contribution in [0.25, 0.3) is 0 Å². The summed E-state index contributed by atoms with van der Waals surface area (Å²) in [7, 11) is 4.14. The van der Waals surface area contributed by atoms with E-state index < -0.39 is 0 Å². The second-order valence-corrected chi connectivity index (χ2v) is 3.33. The number of nitrogens with zero attached hydrogens (tertiary/aromatic N) is 3. The summed E-state index contributed by atoms with van der Waals surface area (Å²) in [5.74, 6) is 0. The fourth-order valence-electron chi connectivity index (χ4n) is 1.32. The second-order valence-electron chi connectivity index (χ2n) is 3.33. The van der Waals surface area contributed by atoms with Crippen molar-refractivity contribution in [3.05, 3.63) is 17.5 Å². The molecule has 3 heteroatoms. The number of aromatic nitrogens is 2. The van der Waals surface area contributed by atoms with Crippen molar-refractivity contribution in [3.8, 4) is 0 Å². The van der Waals surface area contributed by atoms with Crippen molar-refractivity contribution in [2.24, 2.45) is 0 Å². The lowest BCUT2D eigenvalue weighted by atomic mass is 10.3. The van der Waals surface area contributed by atoms with E-state index in [0.29, 0.717) is 0 Å². The fraction of sp³-hybridized carbons (Fsp3) is 0.667. The predicted molar refractivity (Wildman–Crippen MR) is 50.0 cm³/mol. The van der Waals surface area contributed by atoms with Crippen molar-refractivity contribution >= 4 is 0 Å². The highest BCUT2D eigenvalue weighted by molar-refractivity contribution is 5.08. The lowest BCUT2D eigenvalue weighted by Gasteiger charge is -2.10. The highest BCUT2D eigenvalue weighted by Crippen LogP contribution is 2.05. The van der Waals surface area contributed by atoms with E-state index in [1.165, 1.54) is 5.69 Å². The van der Waals surface area contributed by atoms with Crippen LogP contribution in [0.3, 0.4) is 0 Å². The van der Waals surface area contributed by atoms with Crippen LogP contribution in [0, 0.1) is 6.92 Å². The zero-order chi connectivity index (χ0) is 9.14. The van der Waals surface area contributed by atoms with Crippen molar-refractivity contribution in [2.45, 2.75) is 26.9 Å². The van der Waals surface area contributed by atoms with Crippen molar-refractivity contribution in [1.29, 1.82) is 0 Å². The fourth-order valence-corrected chi connectivity index (χ4v) is 1.32. The topological polar surface area (TPSA) is 21.1 Å². The molecule has 68 valence electrons. The van der Waals surface area contributed by atoms with Crippen LogP contribution in [0.2, 0.25) is 0 Å². The molecule has 0 aliphatic heterocycles. The molecule has 0 atom stereocenters. The molecule has 1 aromatic rings. The summed E-state index contributed by atoms with van der Waals surface area (Å²) in [6, 6.07) is 2.14. The molecule has 0 N–H and O–H groups in total. The molecule has 0 aliphatic rings. The Morgan fingerprint density at radius 2 is 2.17 bits per heavy atom. The van der Waals surface area contributed by atoms with Gasteiger partial charge >= 0.3 is 0 Å². The molecule has 0 fully saturated rings. The molecule has 3 nitrogen and oxygen atoms in total. The minimum absolute atomic E-state index is 0.955. The van der Waals surface area contributed by atoms with Crippen molar-refractivity contribution in [2.75, 3.05) is 14.1 Å². The molecule has 1 rings (SSSR count). The van der Waals surface area contributed by atoms with Gasteiger partial charge in [0.1, 0.15) is 0 Å². The average molecular weight is 167 g/mol. The maximum absolute atomic E-state index is 4.37. The van der Waals surface area contributed by atoms with Crippen LogP contribution in [0.5, 0.6) is 0 Å². The standard InChI is InChI=1S/C9H17N3/c1-5-12-9(7-11(3)4)6-8(2)10-12/h6H,5,7H2,1-4H3. The smallest absolute Gasteiger partial charge is 0.0597 e. The van der Waals surface area contributed by atoms with Gasteiger partial charge in [-0.15, -0.1) is 0 Å². The van der Waals surface area contributed by atoms with E-state index in [9.17, 15) is 0 Å². The van der Waals surface area contributed by atoms with E-state index >= 15 is 0 Å². The highest BCUT2D eigenvalue weighted by atomic mass is 15.3. The van der Waals surface area contributed by atoms with Crippen LogP contribution < -0.4 is 0 Å². The Morgan fingerprint density at radius 3 is 2.67 bits per heavy atom. The zero-order valence-electron chi connectivity index (χ0n) is 8.33. The van der Waals surface area contributed by atoms with Crippen LogP contribution >= 0.6 is 0 Å². The van der Waals surface area contributed by atoms with Gasteiger partial charge in [-0.1, -0.05) is 0 Å². The first-order valence-corrected chi connectivity index (χ1v) is 4.31. The molecule has 12 heavy (non-hydrogen) atoms. The number of rotatable bonds is 3. The Kier molecular flexibility index (Phi) is 2.87. The molecule has 0 aromatic carbocycles. The van der Waals surface area contributed by atoms with Crippen LogP contribution in [-0.4, -0.2) is 28.8 Å². The number of hydrogen-bond acceptors (Lipinski definition) is 2. The summed E-state index contributed by atoms with van der Waals surface area (Å²) < 4.78 is 2.05. The van der Waals surface area contributed by atoms with Crippen molar-refractivity contribution in [1.82, 2.24) is 14.7 Å². The maximum atomic E-state index is 4.37. The summed E-state index contributed by atoms with van der Waals surface area (Å²) in [6.45, 7) is 6.07. The van der Waals surface area contributed by atoms with Gasteiger partial charge < -0.3 is 4.90 Å². The number of aryl methyl sites for hydroxylation is 2. The van der Waals surface area contributed by atoms with Gasteiger partial charge in [0.05, 0.1) is 11.4 Å². The van der Waals surface area contributed by atoms with Gasteiger partial charge in [-0.05, 0) is 34.0 Å². The third-order valence-corrected chi connectivity index (χ3v) is 1.76. The zero-order valence-corrected chi connectivity index (χ0v) is 8.33. The molecule has 0 saturated carbocycles. The van der Waals surface area contributed by atoms with Gasteiger partial charge in [0, 0.05) is 13.1 Å². The van der Waals surface area contributed by atoms with E-state index in [0.717, 1.165) is 18.8 Å². The van der Waals surface area contributed by atoms with Gasteiger partial charge in [-0.2, -0.15) is 5.10 Å². The molecular formula is C9H17N3. The summed E-state index contributed by atoms with van der Waals surface area (Å²) in [4.78, 5) is 2.16. The van der Waals surface area contributed by atoms with E-state index in [1.807, 2.05) is 6.92 Å². The van der Waals surface area contributed by atoms with E-state index in [-0.39, 0.29) is 0 Å². The lowest BCUT2D eigenvalue weighted by molar-refractivity contribution is 0.383. The summed E-state index contributed by atoms with van der Waals surface area (Å²) >= 11 is 0. The molecule has 0 amide bonds. The predicted octanol–water partition coefficient (Wildman–Crippen LogP) is 1.27. The second kappa shape index (κ2) is 3.72. The molecule has 0 bridgehead atoms. The van der Waals surface area contributed by atoms with Gasteiger partial charge in [-0.3, -0.25) is 4.68 Å². The van der Waals surface area contributed by atoms with Crippen LogP contribution in [-0.2, 0) is 13.1 Å². The highest BCUT2D eigenvalue weighted by Gasteiger charge is 2.03. The molecule has 0 unspecified atom stereocenters. The number of hydrogen-bond donors (Lipinski definition) is 0. The molecule has 0 saturated heterocycles. The third kappa shape index (κ3) is 2.08. The Hall–Kier alpha value is -0.830. The van der Waals surface area contributed by atoms with Crippen LogP contribution in [0.1, 0.15) is 18.3 Å². The van der Waals surface area contributed by atoms with Gasteiger partial charge in [0.25, 0.3) is 0 Å². The third-order valence-electron chi connectivity index (χ3n) is 1.76. The lowest BCUT2D eigenvalue weighted by Crippen LogP contribution is -2.14. The Labute approximate surface area is 74.0 Å². The average Bonchev–Trinajstić information content (AvgIpc) is 2.29. The first-order chi connectivity index (χ1) is 5.63. The SMILES string of the molecule is CCn1nc(C)cc1CN(C)C. The molecular weight excluding hydrogens is 150 g/mol. The summed E-state index contributed by atoms with van der Waals surface area (Å²) in [6.07, 6.45) is 0. The molecule has 0 spiro atoms. The van der Waals surface area contributed by atoms with Gasteiger partial charge in [-0.25, -0.2) is 0 Å². The molecule has 1 heterocycles. The van der Waals surface area contributed by atoms with E-state index in [4.69, 9.17) is 0 Å². The normalized spacial score (nSPS) is 11.1. The summed E-state index contributed by atoms with van der Waals surface area (Å²) in [5, 5.41) is 4.37. The first kappa shape index (κ1) is 9.26. The van der Waals surface area contributed by atoms with E-state index in [1.54, 1.807) is 0 Å². The van der Waals surface area contributed by atoms with Crippen LogP contribution in [0.15, 0.2) is 6.07 Å². The molecule has 1 aromatic heterocycles. The monoisotopic (exact) mass is 167 g/mol. The first-order valence-electron chi connectivity index (χ1n) is 4.31. The van der Waals surface area contributed by atoms with Gasteiger partial charge in [0.15, 0.2) is 0 Å². The minimum atomic E-state index is 0.955. The Bertz CT molecular complexity index is 250. The molecule has 0 aliphatic carbocycles. The van der Waals surface area contributed by atoms with Crippen LogP contribution in [0.4, 0.5) is 0 Å². The minimum Gasteiger partial charge on any atom is -0.304 e. The Balaban J connectivity index is 2.81. The van der Waals surface area contributed by atoms with Crippen molar-refractivity contribution in [3.63, 3.8) is 0 Å².